The molecule has 0 unspecified atom stereocenters. The van der Waals surface area contributed by atoms with E-state index >= 15 is 0 Å². The third kappa shape index (κ3) is 4.93. The van der Waals surface area contributed by atoms with Crippen LogP contribution in [0.3, 0.4) is 0 Å². The van der Waals surface area contributed by atoms with Gasteiger partial charge in [0, 0.05) is 13.0 Å². The van der Waals surface area contributed by atoms with E-state index in [1.807, 2.05) is 5.32 Å². The number of rotatable bonds is 4. The maximum Gasteiger partial charge on any atom is 0.471 e. The average molecular weight is 267 g/mol. The van der Waals surface area contributed by atoms with Gasteiger partial charge in [0.1, 0.15) is 0 Å². The van der Waals surface area contributed by atoms with Crippen LogP contribution in [0.1, 0.15) is 32.1 Å². The van der Waals surface area contributed by atoms with E-state index in [1.54, 1.807) is 0 Å². The fourth-order valence-electron chi connectivity index (χ4n) is 2.22. The first kappa shape index (κ1) is 14.8. The highest BCUT2D eigenvalue weighted by Gasteiger charge is 2.38. The number of amides is 1. The van der Waals surface area contributed by atoms with Crippen LogP contribution in [-0.2, 0) is 9.59 Å². The molecule has 2 N–H and O–H groups in total. The number of hydrogen-bond acceptors (Lipinski definition) is 2. The smallest absolute Gasteiger partial charge is 0.471 e. The molecule has 1 saturated carbocycles. The molecule has 1 aliphatic carbocycles. The summed E-state index contributed by atoms with van der Waals surface area (Å²) in [6, 6.07) is 0. The zero-order valence-electron chi connectivity index (χ0n) is 9.79. The number of carbonyl (C=O) groups excluding carboxylic acids is 1. The van der Waals surface area contributed by atoms with E-state index in [4.69, 9.17) is 5.11 Å². The molecule has 0 aromatic carbocycles. The Morgan fingerprint density at radius 1 is 1.11 bits per heavy atom. The second kappa shape index (κ2) is 6.06. The van der Waals surface area contributed by atoms with Gasteiger partial charge < -0.3 is 10.4 Å². The van der Waals surface area contributed by atoms with E-state index < -0.39 is 18.1 Å². The highest BCUT2D eigenvalue weighted by atomic mass is 19.4. The van der Waals surface area contributed by atoms with Crippen molar-refractivity contribution in [3.05, 3.63) is 0 Å². The SMILES string of the molecule is O=C(O)CC1CCC(CNC(=O)C(F)(F)F)CC1. The summed E-state index contributed by atoms with van der Waals surface area (Å²) in [5, 5.41) is 10.5. The van der Waals surface area contributed by atoms with E-state index in [-0.39, 0.29) is 24.8 Å². The van der Waals surface area contributed by atoms with Gasteiger partial charge in [-0.25, -0.2) is 0 Å². The lowest BCUT2D eigenvalue weighted by Gasteiger charge is -2.27. The highest BCUT2D eigenvalue weighted by Crippen LogP contribution is 2.30. The molecule has 4 nitrogen and oxygen atoms in total. The third-order valence-electron chi connectivity index (χ3n) is 3.24. The minimum absolute atomic E-state index is 0.0120. The number of carboxylic acids is 1. The molecule has 1 amide bonds. The summed E-state index contributed by atoms with van der Waals surface area (Å²) in [7, 11) is 0. The Morgan fingerprint density at radius 2 is 1.61 bits per heavy atom. The molecular formula is C11H16F3NO3. The third-order valence-corrected chi connectivity index (χ3v) is 3.24. The van der Waals surface area contributed by atoms with Crippen LogP contribution in [0.15, 0.2) is 0 Å². The van der Waals surface area contributed by atoms with Crippen molar-refractivity contribution in [3.63, 3.8) is 0 Å². The Balaban J connectivity index is 2.24. The van der Waals surface area contributed by atoms with Crippen LogP contribution < -0.4 is 5.32 Å². The summed E-state index contributed by atoms with van der Waals surface area (Å²) in [5.41, 5.74) is 0. The van der Waals surface area contributed by atoms with Crippen LogP contribution in [0, 0.1) is 11.8 Å². The first-order valence-electron chi connectivity index (χ1n) is 5.86. The minimum Gasteiger partial charge on any atom is -0.481 e. The van der Waals surface area contributed by atoms with Crippen molar-refractivity contribution in [1.82, 2.24) is 5.32 Å². The summed E-state index contributed by atoms with van der Waals surface area (Å²) in [6.45, 7) is 0.0120. The molecule has 0 spiro atoms. The van der Waals surface area contributed by atoms with E-state index in [0.29, 0.717) is 25.7 Å². The minimum atomic E-state index is -4.83. The summed E-state index contributed by atoms with van der Waals surface area (Å²) in [5.74, 6) is -2.63. The van der Waals surface area contributed by atoms with Crippen molar-refractivity contribution in [2.75, 3.05) is 6.54 Å². The number of carboxylic acid groups (broad SMARTS) is 1. The number of halogens is 3. The molecule has 0 aliphatic heterocycles. The summed E-state index contributed by atoms with van der Waals surface area (Å²) in [4.78, 5) is 21.1. The summed E-state index contributed by atoms with van der Waals surface area (Å²) >= 11 is 0. The van der Waals surface area contributed by atoms with Crippen molar-refractivity contribution in [2.45, 2.75) is 38.3 Å². The molecule has 0 atom stereocenters. The second-order valence-corrected chi connectivity index (χ2v) is 4.69. The van der Waals surface area contributed by atoms with Crippen LogP contribution >= 0.6 is 0 Å². The Morgan fingerprint density at radius 3 is 2.06 bits per heavy atom. The fraction of sp³-hybridized carbons (Fsp3) is 0.818. The molecule has 1 rings (SSSR count). The van der Waals surface area contributed by atoms with Gasteiger partial charge in [0.25, 0.3) is 0 Å². The molecular weight excluding hydrogens is 251 g/mol. The molecule has 0 radical (unpaired) electrons. The number of carbonyl (C=O) groups is 2. The Kier molecular flexibility index (Phi) is 4.98. The van der Waals surface area contributed by atoms with Gasteiger partial charge in [0.15, 0.2) is 0 Å². The van der Waals surface area contributed by atoms with E-state index in [2.05, 4.69) is 0 Å². The highest BCUT2D eigenvalue weighted by molar-refractivity contribution is 5.81. The molecule has 0 aromatic rings. The number of nitrogens with one attached hydrogen (secondary N) is 1. The molecule has 0 bridgehead atoms. The Bertz CT molecular complexity index is 309. The number of alkyl halides is 3. The van der Waals surface area contributed by atoms with Gasteiger partial charge in [0.2, 0.25) is 0 Å². The Hall–Kier alpha value is -1.27. The first-order chi connectivity index (χ1) is 8.29. The number of aliphatic carboxylic acids is 1. The topological polar surface area (TPSA) is 66.4 Å². The molecule has 7 heteroatoms. The normalized spacial score (nSPS) is 24.6. The maximum atomic E-state index is 11.9. The molecule has 1 aliphatic rings. The predicted octanol–water partition coefficient (Wildman–Crippen LogP) is 1.95. The largest absolute Gasteiger partial charge is 0.481 e. The maximum absolute atomic E-state index is 11.9. The predicted molar refractivity (Wildman–Crippen MR) is 56.8 cm³/mol. The van der Waals surface area contributed by atoms with Gasteiger partial charge in [-0.15, -0.1) is 0 Å². The molecule has 0 heterocycles. The van der Waals surface area contributed by atoms with Gasteiger partial charge in [0.05, 0.1) is 0 Å². The van der Waals surface area contributed by atoms with Crippen molar-refractivity contribution in [1.29, 1.82) is 0 Å². The lowest BCUT2D eigenvalue weighted by molar-refractivity contribution is -0.173. The standard InChI is InChI=1S/C11H16F3NO3/c12-11(13,14)10(18)15-6-8-3-1-7(2-4-8)5-9(16)17/h7-8H,1-6H2,(H,15,18)(H,16,17). The van der Waals surface area contributed by atoms with E-state index in [1.165, 1.54) is 0 Å². The lowest BCUT2D eigenvalue weighted by Crippen LogP contribution is -2.40. The molecule has 0 saturated heterocycles. The molecule has 18 heavy (non-hydrogen) atoms. The quantitative estimate of drug-likeness (QED) is 0.818. The van der Waals surface area contributed by atoms with Crippen LogP contribution in [0.4, 0.5) is 13.2 Å². The monoisotopic (exact) mass is 267 g/mol. The van der Waals surface area contributed by atoms with Crippen LogP contribution in [0.5, 0.6) is 0 Å². The first-order valence-corrected chi connectivity index (χ1v) is 5.86. The van der Waals surface area contributed by atoms with Crippen molar-refractivity contribution < 1.29 is 27.9 Å². The van der Waals surface area contributed by atoms with Gasteiger partial charge in [-0.3, -0.25) is 9.59 Å². The van der Waals surface area contributed by atoms with Crippen molar-refractivity contribution in [2.24, 2.45) is 11.8 Å². The molecule has 1 fully saturated rings. The fourth-order valence-corrected chi connectivity index (χ4v) is 2.22. The zero-order valence-corrected chi connectivity index (χ0v) is 9.79. The summed E-state index contributed by atoms with van der Waals surface area (Å²) < 4.78 is 35.8. The zero-order chi connectivity index (χ0) is 13.8. The lowest BCUT2D eigenvalue weighted by atomic mass is 9.80. The van der Waals surface area contributed by atoms with E-state index in [9.17, 15) is 22.8 Å². The average Bonchev–Trinajstić information content (AvgIpc) is 2.25. The van der Waals surface area contributed by atoms with Gasteiger partial charge in [-0.1, -0.05) is 0 Å². The van der Waals surface area contributed by atoms with Crippen LogP contribution in [0.2, 0.25) is 0 Å². The van der Waals surface area contributed by atoms with Crippen LogP contribution in [-0.4, -0.2) is 29.7 Å². The van der Waals surface area contributed by atoms with Crippen molar-refractivity contribution >= 4 is 11.9 Å². The van der Waals surface area contributed by atoms with Gasteiger partial charge in [-0.05, 0) is 37.5 Å². The van der Waals surface area contributed by atoms with Gasteiger partial charge in [-0.2, -0.15) is 13.2 Å². The number of hydrogen-bond donors (Lipinski definition) is 2. The summed E-state index contributed by atoms with van der Waals surface area (Å²) in [6.07, 6.45) is -2.01. The van der Waals surface area contributed by atoms with Gasteiger partial charge >= 0.3 is 18.1 Å². The second-order valence-electron chi connectivity index (χ2n) is 4.69. The van der Waals surface area contributed by atoms with Crippen molar-refractivity contribution in [3.8, 4) is 0 Å². The molecule has 0 aromatic heterocycles. The Labute approximate surface area is 103 Å². The molecule has 104 valence electrons. The van der Waals surface area contributed by atoms with E-state index in [0.717, 1.165) is 0 Å². The van der Waals surface area contributed by atoms with Crippen LogP contribution in [0.25, 0.3) is 0 Å².